The number of halogens is 3. The number of hydrogen-bond acceptors (Lipinski definition) is 4. The van der Waals surface area contributed by atoms with Crippen LogP contribution in [0.2, 0.25) is 15.1 Å². The smallest absolute Gasteiger partial charge is 0.333 e. The van der Waals surface area contributed by atoms with Gasteiger partial charge in [-0.1, -0.05) is 41.4 Å². The summed E-state index contributed by atoms with van der Waals surface area (Å²) in [7, 11) is 0. The van der Waals surface area contributed by atoms with E-state index in [-0.39, 0.29) is 34.6 Å². The van der Waals surface area contributed by atoms with E-state index in [0.29, 0.717) is 5.02 Å². The lowest BCUT2D eigenvalue weighted by molar-refractivity contribution is -0.142. The molecule has 0 aliphatic heterocycles. The van der Waals surface area contributed by atoms with E-state index < -0.39 is 12.1 Å². The Morgan fingerprint density at radius 1 is 1.25 bits per heavy atom. The molecular weight excluding hydrogens is 326 g/mol. The van der Waals surface area contributed by atoms with Gasteiger partial charge in [-0.2, -0.15) is 0 Å². The number of ether oxygens (including phenoxy) is 2. The SMILES string of the molecule is C=C(C)C(=O)OCC(O)COc1cc(Cl)c(Cl)cc1Cl. The van der Waals surface area contributed by atoms with Gasteiger partial charge in [0.25, 0.3) is 0 Å². The van der Waals surface area contributed by atoms with Gasteiger partial charge in [-0.25, -0.2) is 4.79 Å². The number of carbonyl (C=O) groups is 1. The molecule has 110 valence electrons. The quantitative estimate of drug-likeness (QED) is 0.489. The van der Waals surface area contributed by atoms with Gasteiger partial charge < -0.3 is 14.6 Å². The molecule has 0 bridgehead atoms. The van der Waals surface area contributed by atoms with Gasteiger partial charge >= 0.3 is 5.97 Å². The summed E-state index contributed by atoms with van der Waals surface area (Å²) in [6, 6.07) is 2.88. The molecule has 1 N–H and O–H groups in total. The molecule has 0 amide bonds. The Kier molecular flexibility index (Phi) is 6.62. The number of carbonyl (C=O) groups excluding carboxylic acids is 1. The number of esters is 1. The fourth-order valence-corrected chi connectivity index (χ4v) is 1.74. The van der Waals surface area contributed by atoms with Crippen LogP contribution in [0.1, 0.15) is 6.92 Å². The second-order valence-electron chi connectivity index (χ2n) is 4.04. The highest BCUT2D eigenvalue weighted by Crippen LogP contribution is 2.33. The summed E-state index contributed by atoms with van der Waals surface area (Å²) in [5, 5.41) is 10.5. The molecule has 1 unspecified atom stereocenters. The number of aliphatic hydroxyl groups is 1. The lowest BCUT2D eigenvalue weighted by Crippen LogP contribution is -2.25. The molecule has 1 atom stereocenters. The topological polar surface area (TPSA) is 55.8 Å². The van der Waals surface area contributed by atoms with Crippen molar-refractivity contribution in [3.63, 3.8) is 0 Å². The van der Waals surface area contributed by atoms with E-state index in [4.69, 9.17) is 44.3 Å². The first-order valence-corrected chi connectivity index (χ1v) is 6.72. The Bertz CT molecular complexity index is 517. The summed E-state index contributed by atoms with van der Waals surface area (Å²) in [6.07, 6.45) is -0.996. The lowest BCUT2D eigenvalue weighted by atomic mass is 10.3. The molecule has 0 aliphatic carbocycles. The van der Waals surface area contributed by atoms with Gasteiger partial charge in [-0.15, -0.1) is 0 Å². The average molecular weight is 340 g/mol. The summed E-state index contributed by atoms with van der Waals surface area (Å²) in [5.74, 6) is -0.289. The first-order chi connectivity index (χ1) is 9.31. The second-order valence-corrected chi connectivity index (χ2v) is 5.26. The van der Waals surface area contributed by atoms with Crippen molar-refractivity contribution in [1.82, 2.24) is 0 Å². The minimum absolute atomic E-state index is 0.110. The molecule has 0 spiro atoms. The molecule has 7 heteroatoms. The van der Waals surface area contributed by atoms with E-state index >= 15 is 0 Å². The number of benzene rings is 1. The maximum atomic E-state index is 11.1. The normalized spacial score (nSPS) is 11.8. The Labute approximate surface area is 131 Å². The van der Waals surface area contributed by atoms with Crippen LogP contribution in [0, 0.1) is 0 Å². The summed E-state index contributed by atoms with van der Waals surface area (Å²) in [4.78, 5) is 11.1. The van der Waals surface area contributed by atoms with Crippen LogP contribution in [-0.4, -0.2) is 30.4 Å². The van der Waals surface area contributed by atoms with Crippen molar-refractivity contribution in [1.29, 1.82) is 0 Å². The Morgan fingerprint density at radius 2 is 1.85 bits per heavy atom. The summed E-state index contributed by atoms with van der Waals surface area (Å²) >= 11 is 17.5. The number of hydrogen-bond donors (Lipinski definition) is 1. The third-order valence-electron chi connectivity index (χ3n) is 2.16. The van der Waals surface area contributed by atoms with Crippen LogP contribution in [-0.2, 0) is 9.53 Å². The van der Waals surface area contributed by atoms with Gasteiger partial charge in [-0.3, -0.25) is 0 Å². The van der Waals surface area contributed by atoms with Gasteiger partial charge in [-0.05, 0) is 13.0 Å². The summed E-state index contributed by atoms with van der Waals surface area (Å²) in [5.41, 5.74) is 0.255. The average Bonchev–Trinajstić information content (AvgIpc) is 2.38. The Morgan fingerprint density at radius 3 is 2.45 bits per heavy atom. The standard InChI is InChI=1S/C13H13Cl3O4/c1-7(2)13(18)20-6-8(17)5-19-12-4-10(15)9(14)3-11(12)16/h3-4,8,17H,1,5-6H2,2H3. The van der Waals surface area contributed by atoms with Crippen LogP contribution in [0.3, 0.4) is 0 Å². The second kappa shape index (κ2) is 7.74. The molecule has 1 rings (SSSR count). The van der Waals surface area contributed by atoms with Crippen LogP contribution in [0.25, 0.3) is 0 Å². The highest BCUT2D eigenvalue weighted by atomic mass is 35.5. The van der Waals surface area contributed by atoms with Gasteiger partial charge in [0.15, 0.2) is 0 Å². The molecule has 1 aromatic carbocycles. The number of rotatable bonds is 6. The minimum Gasteiger partial charge on any atom is -0.489 e. The summed E-state index contributed by atoms with van der Waals surface area (Å²) < 4.78 is 10.1. The molecule has 0 heterocycles. The zero-order chi connectivity index (χ0) is 15.3. The fraction of sp³-hybridized carbons (Fsp3) is 0.308. The molecule has 1 aromatic rings. The predicted molar refractivity (Wildman–Crippen MR) is 78.7 cm³/mol. The largest absolute Gasteiger partial charge is 0.489 e. The van der Waals surface area contributed by atoms with E-state index in [9.17, 15) is 9.90 Å². The molecular formula is C13H13Cl3O4. The third-order valence-corrected chi connectivity index (χ3v) is 3.18. The molecule has 20 heavy (non-hydrogen) atoms. The molecule has 0 fully saturated rings. The maximum Gasteiger partial charge on any atom is 0.333 e. The van der Waals surface area contributed by atoms with Gasteiger partial charge in [0.2, 0.25) is 0 Å². The first-order valence-electron chi connectivity index (χ1n) is 5.59. The van der Waals surface area contributed by atoms with Crippen LogP contribution in [0.15, 0.2) is 24.3 Å². The van der Waals surface area contributed by atoms with Gasteiger partial charge in [0.1, 0.15) is 25.1 Å². The highest BCUT2D eigenvalue weighted by molar-refractivity contribution is 6.43. The number of aliphatic hydroxyl groups excluding tert-OH is 1. The van der Waals surface area contributed by atoms with Crippen molar-refractivity contribution in [3.05, 3.63) is 39.4 Å². The minimum atomic E-state index is -0.996. The Hall–Kier alpha value is -0.940. The van der Waals surface area contributed by atoms with E-state index in [0.717, 1.165) is 0 Å². The molecule has 0 aromatic heterocycles. The van der Waals surface area contributed by atoms with Crippen molar-refractivity contribution in [2.75, 3.05) is 13.2 Å². The molecule has 4 nitrogen and oxygen atoms in total. The van der Waals surface area contributed by atoms with E-state index in [2.05, 4.69) is 6.58 Å². The monoisotopic (exact) mass is 338 g/mol. The fourth-order valence-electron chi connectivity index (χ4n) is 1.14. The first kappa shape index (κ1) is 17.1. The van der Waals surface area contributed by atoms with Gasteiger partial charge in [0, 0.05) is 11.6 Å². The molecule has 0 aliphatic rings. The van der Waals surface area contributed by atoms with Crippen molar-refractivity contribution in [2.24, 2.45) is 0 Å². The van der Waals surface area contributed by atoms with E-state index in [1.165, 1.54) is 19.1 Å². The maximum absolute atomic E-state index is 11.1. The van der Waals surface area contributed by atoms with E-state index in [1.807, 2.05) is 0 Å². The van der Waals surface area contributed by atoms with Crippen molar-refractivity contribution >= 4 is 40.8 Å². The van der Waals surface area contributed by atoms with Crippen molar-refractivity contribution < 1.29 is 19.4 Å². The van der Waals surface area contributed by atoms with Gasteiger partial charge in [0.05, 0.1) is 15.1 Å². The third kappa shape index (κ3) is 5.21. The van der Waals surface area contributed by atoms with Crippen molar-refractivity contribution in [2.45, 2.75) is 13.0 Å². The highest BCUT2D eigenvalue weighted by Gasteiger charge is 2.12. The van der Waals surface area contributed by atoms with Crippen LogP contribution in [0.5, 0.6) is 5.75 Å². The zero-order valence-corrected chi connectivity index (χ0v) is 12.9. The van der Waals surface area contributed by atoms with Crippen LogP contribution >= 0.6 is 34.8 Å². The lowest BCUT2D eigenvalue weighted by Gasteiger charge is -2.14. The zero-order valence-electron chi connectivity index (χ0n) is 10.7. The predicted octanol–water partition coefficient (Wildman–Crippen LogP) is 3.51. The molecule has 0 radical (unpaired) electrons. The van der Waals surface area contributed by atoms with E-state index in [1.54, 1.807) is 0 Å². The Balaban J connectivity index is 2.49. The van der Waals surface area contributed by atoms with Crippen LogP contribution < -0.4 is 4.74 Å². The summed E-state index contributed by atoms with van der Waals surface area (Å²) in [6.45, 7) is 4.62. The van der Waals surface area contributed by atoms with Crippen molar-refractivity contribution in [3.8, 4) is 5.75 Å². The molecule has 0 saturated heterocycles. The molecule has 0 saturated carbocycles. The van der Waals surface area contributed by atoms with Crippen LogP contribution in [0.4, 0.5) is 0 Å².